The van der Waals surface area contributed by atoms with Gasteiger partial charge in [-0.15, -0.1) is 6.58 Å². The second-order valence-corrected chi connectivity index (χ2v) is 3.49. The first-order valence-corrected chi connectivity index (χ1v) is 4.63. The average molecular weight is 154 g/mol. The van der Waals surface area contributed by atoms with Gasteiger partial charge in [-0.2, -0.15) is 0 Å². The van der Waals surface area contributed by atoms with Gasteiger partial charge in [-0.05, 0) is 25.2 Å². The Morgan fingerprint density at radius 1 is 1.27 bits per heavy atom. The summed E-state index contributed by atoms with van der Waals surface area (Å²) < 4.78 is 0. The molecule has 1 saturated carbocycles. The van der Waals surface area contributed by atoms with Crippen LogP contribution in [0.5, 0.6) is 0 Å². The molecule has 0 aliphatic heterocycles. The van der Waals surface area contributed by atoms with Crippen LogP contribution in [0.2, 0.25) is 0 Å². The second-order valence-electron chi connectivity index (χ2n) is 3.49. The van der Waals surface area contributed by atoms with Crippen LogP contribution in [0.3, 0.4) is 0 Å². The number of allylic oxidation sites excluding steroid dienone is 1. The quantitative estimate of drug-likeness (QED) is 0.478. The van der Waals surface area contributed by atoms with Crippen molar-refractivity contribution < 1.29 is 5.11 Å². The van der Waals surface area contributed by atoms with Crippen LogP contribution < -0.4 is 0 Å². The molecule has 0 aromatic carbocycles. The molecule has 1 N–H and O–H groups in total. The van der Waals surface area contributed by atoms with Crippen LogP contribution in [0.4, 0.5) is 0 Å². The van der Waals surface area contributed by atoms with E-state index in [2.05, 4.69) is 6.58 Å². The molecule has 0 saturated heterocycles. The third kappa shape index (κ3) is 2.66. The molecule has 0 heterocycles. The molecule has 1 aliphatic carbocycles. The van der Waals surface area contributed by atoms with Crippen molar-refractivity contribution in [1.29, 1.82) is 0 Å². The molecular formula is C10H18O. The lowest BCUT2D eigenvalue weighted by Gasteiger charge is -2.17. The van der Waals surface area contributed by atoms with E-state index in [0.717, 1.165) is 12.8 Å². The fourth-order valence-corrected chi connectivity index (χ4v) is 1.85. The van der Waals surface area contributed by atoms with E-state index in [0.29, 0.717) is 5.92 Å². The number of hydrogen-bond acceptors (Lipinski definition) is 1. The van der Waals surface area contributed by atoms with Crippen LogP contribution in [0.15, 0.2) is 12.7 Å². The van der Waals surface area contributed by atoms with Gasteiger partial charge in [0.25, 0.3) is 0 Å². The molecule has 0 radical (unpaired) electrons. The molecule has 0 bridgehead atoms. The first-order valence-electron chi connectivity index (χ1n) is 4.63. The van der Waals surface area contributed by atoms with E-state index in [1.807, 2.05) is 6.08 Å². The van der Waals surface area contributed by atoms with E-state index in [1.54, 1.807) is 0 Å². The average Bonchev–Trinajstić information content (AvgIpc) is 2.18. The summed E-state index contributed by atoms with van der Waals surface area (Å²) in [5.41, 5.74) is 0. The van der Waals surface area contributed by atoms with Crippen molar-refractivity contribution in [2.75, 3.05) is 0 Å². The van der Waals surface area contributed by atoms with E-state index in [-0.39, 0.29) is 6.10 Å². The molecule has 1 fully saturated rings. The van der Waals surface area contributed by atoms with Gasteiger partial charge in [-0.3, -0.25) is 0 Å². The maximum absolute atomic E-state index is 9.63. The summed E-state index contributed by atoms with van der Waals surface area (Å²) in [7, 11) is 0. The molecule has 11 heavy (non-hydrogen) atoms. The molecule has 1 rings (SSSR count). The van der Waals surface area contributed by atoms with E-state index >= 15 is 0 Å². The van der Waals surface area contributed by atoms with Crippen molar-refractivity contribution in [2.45, 2.75) is 44.6 Å². The van der Waals surface area contributed by atoms with Crippen molar-refractivity contribution in [3.8, 4) is 0 Å². The van der Waals surface area contributed by atoms with Crippen LogP contribution in [0.1, 0.15) is 38.5 Å². The highest BCUT2D eigenvalue weighted by molar-refractivity contribution is 4.79. The van der Waals surface area contributed by atoms with Crippen molar-refractivity contribution >= 4 is 0 Å². The van der Waals surface area contributed by atoms with Crippen LogP contribution in [-0.2, 0) is 0 Å². The van der Waals surface area contributed by atoms with Gasteiger partial charge < -0.3 is 5.11 Å². The van der Waals surface area contributed by atoms with Gasteiger partial charge in [-0.25, -0.2) is 0 Å². The summed E-state index contributed by atoms with van der Waals surface area (Å²) in [6, 6.07) is 0. The fourth-order valence-electron chi connectivity index (χ4n) is 1.85. The van der Waals surface area contributed by atoms with E-state index in [1.165, 1.54) is 25.7 Å². The summed E-state index contributed by atoms with van der Waals surface area (Å²) >= 11 is 0. The standard InChI is InChI=1S/C10H18O/c1-2-6-9-7-4-3-5-8-10(9)11/h2,9-11H,1,3-8H2/t9-,10-/m1/s1. The summed E-state index contributed by atoms with van der Waals surface area (Å²) in [6.45, 7) is 3.71. The monoisotopic (exact) mass is 154 g/mol. The Balaban J connectivity index is 2.38. The highest BCUT2D eigenvalue weighted by atomic mass is 16.3. The zero-order chi connectivity index (χ0) is 8.10. The molecule has 2 atom stereocenters. The summed E-state index contributed by atoms with van der Waals surface area (Å²) in [6.07, 6.45) is 8.83. The molecular weight excluding hydrogens is 136 g/mol. The van der Waals surface area contributed by atoms with Crippen molar-refractivity contribution in [3.63, 3.8) is 0 Å². The molecule has 1 heteroatoms. The first-order chi connectivity index (χ1) is 5.34. The molecule has 1 nitrogen and oxygen atoms in total. The summed E-state index contributed by atoms with van der Waals surface area (Å²) in [5, 5.41) is 9.63. The Morgan fingerprint density at radius 3 is 2.73 bits per heavy atom. The molecule has 0 aromatic heterocycles. The van der Waals surface area contributed by atoms with Crippen molar-refractivity contribution in [1.82, 2.24) is 0 Å². The smallest absolute Gasteiger partial charge is 0.0571 e. The zero-order valence-electron chi connectivity index (χ0n) is 7.13. The highest BCUT2D eigenvalue weighted by Gasteiger charge is 2.19. The maximum Gasteiger partial charge on any atom is 0.0571 e. The first kappa shape index (κ1) is 8.79. The normalized spacial score (nSPS) is 32.8. The summed E-state index contributed by atoms with van der Waals surface area (Å²) in [5.74, 6) is 0.495. The van der Waals surface area contributed by atoms with E-state index in [4.69, 9.17) is 0 Å². The van der Waals surface area contributed by atoms with Gasteiger partial charge in [0, 0.05) is 0 Å². The van der Waals surface area contributed by atoms with Crippen LogP contribution in [-0.4, -0.2) is 11.2 Å². The minimum Gasteiger partial charge on any atom is -0.393 e. The van der Waals surface area contributed by atoms with Crippen LogP contribution in [0.25, 0.3) is 0 Å². The predicted octanol–water partition coefficient (Wildman–Crippen LogP) is 2.50. The fraction of sp³-hybridized carbons (Fsp3) is 0.800. The zero-order valence-corrected chi connectivity index (χ0v) is 7.13. The lowest BCUT2D eigenvalue weighted by molar-refractivity contribution is 0.102. The SMILES string of the molecule is C=CC[C@@H]1CCCCC[C@H]1O. The predicted molar refractivity (Wildman–Crippen MR) is 47.4 cm³/mol. The number of hydrogen-bond donors (Lipinski definition) is 1. The van der Waals surface area contributed by atoms with Crippen molar-refractivity contribution in [2.24, 2.45) is 5.92 Å². The minimum absolute atomic E-state index is 0.0597. The Morgan fingerprint density at radius 2 is 2.00 bits per heavy atom. The highest BCUT2D eigenvalue weighted by Crippen LogP contribution is 2.25. The maximum atomic E-state index is 9.63. The van der Waals surface area contributed by atoms with Crippen molar-refractivity contribution in [3.05, 3.63) is 12.7 Å². The third-order valence-corrected chi connectivity index (χ3v) is 2.59. The van der Waals surface area contributed by atoms with Gasteiger partial charge >= 0.3 is 0 Å². The van der Waals surface area contributed by atoms with Crippen LogP contribution >= 0.6 is 0 Å². The molecule has 1 aliphatic rings. The Bertz CT molecular complexity index is 120. The van der Waals surface area contributed by atoms with E-state index < -0.39 is 0 Å². The molecule has 0 aromatic rings. The summed E-state index contributed by atoms with van der Waals surface area (Å²) in [4.78, 5) is 0. The van der Waals surface area contributed by atoms with Gasteiger partial charge in [0.05, 0.1) is 6.10 Å². The molecule has 0 unspecified atom stereocenters. The lowest BCUT2D eigenvalue weighted by Crippen LogP contribution is -2.17. The molecule has 0 spiro atoms. The number of aliphatic hydroxyl groups is 1. The number of aliphatic hydroxyl groups excluding tert-OH is 1. The van der Waals surface area contributed by atoms with Gasteiger partial charge in [0.1, 0.15) is 0 Å². The van der Waals surface area contributed by atoms with E-state index in [9.17, 15) is 5.11 Å². The third-order valence-electron chi connectivity index (χ3n) is 2.59. The topological polar surface area (TPSA) is 20.2 Å². The largest absolute Gasteiger partial charge is 0.393 e. The lowest BCUT2D eigenvalue weighted by atomic mass is 9.94. The van der Waals surface area contributed by atoms with Gasteiger partial charge in [0.15, 0.2) is 0 Å². The number of rotatable bonds is 2. The van der Waals surface area contributed by atoms with Gasteiger partial charge in [0.2, 0.25) is 0 Å². The second kappa shape index (κ2) is 4.55. The minimum atomic E-state index is -0.0597. The Labute approximate surface area is 69.1 Å². The molecule has 0 amide bonds. The molecule has 64 valence electrons. The Kier molecular flexibility index (Phi) is 3.64. The van der Waals surface area contributed by atoms with Crippen LogP contribution in [0, 0.1) is 5.92 Å². The Hall–Kier alpha value is -0.300. The van der Waals surface area contributed by atoms with Gasteiger partial charge in [-0.1, -0.05) is 25.3 Å².